The van der Waals surface area contributed by atoms with Crippen LogP contribution in [0.4, 0.5) is 8.78 Å². The van der Waals surface area contributed by atoms with E-state index in [1.807, 2.05) is 12.1 Å². The van der Waals surface area contributed by atoms with E-state index in [4.69, 9.17) is 16.3 Å². The second-order valence-corrected chi connectivity index (χ2v) is 12.0. The molecule has 10 nitrogen and oxygen atoms in total. The Morgan fingerprint density at radius 3 is 2.61 bits per heavy atom. The Kier molecular flexibility index (Phi) is 8.28. The van der Waals surface area contributed by atoms with Crippen LogP contribution in [0.2, 0.25) is 5.02 Å². The molecule has 6 rings (SSSR count). The Morgan fingerprint density at radius 2 is 1.89 bits per heavy atom. The quantitative estimate of drug-likeness (QED) is 0.375. The maximum absolute atomic E-state index is 14.2. The number of aliphatic carboxylic acids is 1. The van der Waals surface area contributed by atoms with Crippen LogP contribution < -0.4 is 4.74 Å². The van der Waals surface area contributed by atoms with Crippen LogP contribution in [0.5, 0.6) is 5.75 Å². The van der Waals surface area contributed by atoms with Gasteiger partial charge in [0.1, 0.15) is 23.7 Å². The summed E-state index contributed by atoms with van der Waals surface area (Å²) >= 11 is 6.68. The zero-order valence-electron chi connectivity index (χ0n) is 24.1. The molecule has 1 fully saturated rings. The number of hydrogen-bond acceptors (Lipinski definition) is 6. The molecule has 1 aromatic heterocycles. The normalized spacial score (nSPS) is 21.4. The molecular formula is C31H32ClF2N5O5. The fourth-order valence-corrected chi connectivity index (χ4v) is 7.15. The SMILES string of the molecule is Cn1nnc(COc2ccc(Cl)c3c2[C@@H](CN2Cc4ccccc4C2=O)N(C(=O)C2CCCC[C@H]2C(=O)O)CC3)c1C(F)F. The summed E-state index contributed by atoms with van der Waals surface area (Å²) in [7, 11) is 1.38. The van der Waals surface area contributed by atoms with Gasteiger partial charge in [-0.2, -0.15) is 0 Å². The molecule has 0 radical (unpaired) electrons. The van der Waals surface area contributed by atoms with Gasteiger partial charge >= 0.3 is 5.97 Å². The minimum atomic E-state index is -2.81. The summed E-state index contributed by atoms with van der Waals surface area (Å²) in [6, 6.07) is 9.88. The molecule has 0 bridgehead atoms. The third-order valence-electron chi connectivity index (χ3n) is 9.06. The molecule has 44 heavy (non-hydrogen) atoms. The highest BCUT2D eigenvalue weighted by Crippen LogP contribution is 2.44. The van der Waals surface area contributed by atoms with Crippen molar-refractivity contribution in [3.8, 4) is 5.75 Å². The van der Waals surface area contributed by atoms with Gasteiger partial charge in [-0.3, -0.25) is 14.4 Å². The molecule has 3 aliphatic rings. The number of nitrogens with zero attached hydrogens (tertiary/aromatic N) is 5. The van der Waals surface area contributed by atoms with Crippen molar-refractivity contribution in [3.63, 3.8) is 0 Å². The fraction of sp³-hybridized carbons (Fsp3) is 0.452. The van der Waals surface area contributed by atoms with Crippen molar-refractivity contribution >= 4 is 29.4 Å². The van der Waals surface area contributed by atoms with E-state index in [9.17, 15) is 28.3 Å². The average molecular weight is 628 g/mol. The van der Waals surface area contributed by atoms with Gasteiger partial charge in [-0.1, -0.05) is 47.9 Å². The Morgan fingerprint density at radius 1 is 1.14 bits per heavy atom. The molecular weight excluding hydrogens is 596 g/mol. The first-order chi connectivity index (χ1) is 21.2. The summed E-state index contributed by atoms with van der Waals surface area (Å²) in [6.45, 7) is 0.427. The molecule has 13 heteroatoms. The number of ether oxygens (including phenoxy) is 1. The van der Waals surface area contributed by atoms with Crippen LogP contribution in [0.25, 0.3) is 0 Å². The van der Waals surface area contributed by atoms with Crippen molar-refractivity contribution in [2.45, 2.75) is 57.7 Å². The zero-order valence-corrected chi connectivity index (χ0v) is 24.8. The number of alkyl halides is 2. The monoisotopic (exact) mass is 627 g/mol. The van der Waals surface area contributed by atoms with E-state index in [-0.39, 0.29) is 42.9 Å². The van der Waals surface area contributed by atoms with Crippen molar-refractivity contribution in [3.05, 3.63) is 75.1 Å². The number of hydrogen-bond donors (Lipinski definition) is 1. The molecule has 3 heterocycles. The van der Waals surface area contributed by atoms with E-state index in [0.29, 0.717) is 47.7 Å². The topological polar surface area (TPSA) is 118 Å². The molecule has 2 aromatic carbocycles. The predicted octanol–water partition coefficient (Wildman–Crippen LogP) is 4.96. The second-order valence-electron chi connectivity index (χ2n) is 11.5. The van der Waals surface area contributed by atoms with Gasteiger partial charge in [-0.25, -0.2) is 13.5 Å². The molecule has 1 unspecified atom stereocenters. The first kappa shape index (κ1) is 30.0. The number of carbonyl (C=O) groups is 3. The van der Waals surface area contributed by atoms with Gasteiger partial charge in [0.05, 0.1) is 17.9 Å². The van der Waals surface area contributed by atoms with Crippen LogP contribution in [-0.4, -0.2) is 60.8 Å². The van der Waals surface area contributed by atoms with Gasteiger partial charge in [0.25, 0.3) is 12.3 Å². The van der Waals surface area contributed by atoms with Crippen molar-refractivity contribution < 1.29 is 33.0 Å². The number of rotatable bonds is 8. The fourth-order valence-electron chi connectivity index (χ4n) is 6.89. The molecule has 2 amide bonds. The van der Waals surface area contributed by atoms with Gasteiger partial charge in [0.15, 0.2) is 0 Å². The second kappa shape index (κ2) is 12.1. The Hall–Kier alpha value is -4.06. The van der Waals surface area contributed by atoms with Crippen molar-refractivity contribution in [2.75, 3.05) is 13.1 Å². The number of amides is 2. The zero-order chi connectivity index (χ0) is 31.1. The summed E-state index contributed by atoms with van der Waals surface area (Å²) in [5.41, 5.74) is 2.38. The maximum atomic E-state index is 14.2. The number of carbonyl (C=O) groups excluding carboxylic acids is 2. The van der Waals surface area contributed by atoms with Crippen LogP contribution in [0.1, 0.15) is 76.6 Å². The minimum Gasteiger partial charge on any atom is -0.487 e. The molecule has 2 aliphatic heterocycles. The predicted molar refractivity (Wildman–Crippen MR) is 154 cm³/mol. The van der Waals surface area contributed by atoms with Crippen molar-refractivity contribution in [1.29, 1.82) is 0 Å². The lowest BCUT2D eigenvalue weighted by atomic mass is 9.77. The van der Waals surface area contributed by atoms with Gasteiger partial charge < -0.3 is 19.6 Å². The highest BCUT2D eigenvalue weighted by atomic mass is 35.5. The summed E-state index contributed by atoms with van der Waals surface area (Å²) in [6.07, 6.45) is -0.0638. The number of aryl methyl sites for hydroxylation is 1. The first-order valence-electron chi connectivity index (χ1n) is 14.7. The summed E-state index contributed by atoms with van der Waals surface area (Å²) < 4.78 is 34.6. The van der Waals surface area contributed by atoms with Crippen LogP contribution in [0.3, 0.4) is 0 Å². The van der Waals surface area contributed by atoms with E-state index in [0.717, 1.165) is 28.7 Å². The number of benzene rings is 2. The van der Waals surface area contributed by atoms with Gasteiger partial charge in [-0.15, -0.1) is 5.10 Å². The molecule has 3 atom stereocenters. The maximum Gasteiger partial charge on any atom is 0.307 e. The Labute approximate surface area is 257 Å². The van der Waals surface area contributed by atoms with Gasteiger partial charge in [-0.05, 0) is 48.6 Å². The van der Waals surface area contributed by atoms with Gasteiger partial charge in [0.2, 0.25) is 5.91 Å². The van der Waals surface area contributed by atoms with E-state index in [1.54, 1.807) is 34.1 Å². The van der Waals surface area contributed by atoms with Crippen molar-refractivity contribution in [2.24, 2.45) is 18.9 Å². The van der Waals surface area contributed by atoms with Crippen LogP contribution in [-0.2, 0) is 36.2 Å². The van der Waals surface area contributed by atoms with E-state index in [2.05, 4.69) is 10.3 Å². The summed E-state index contributed by atoms with van der Waals surface area (Å²) in [5.74, 6) is -2.62. The smallest absolute Gasteiger partial charge is 0.307 e. The highest BCUT2D eigenvalue weighted by Gasteiger charge is 2.44. The Bertz CT molecular complexity index is 1610. The Balaban J connectivity index is 1.39. The number of halogens is 3. The lowest BCUT2D eigenvalue weighted by Crippen LogP contribution is -2.50. The number of carboxylic acids is 1. The third kappa shape index (κ3) is 5.40. The molecule has 1 aliphatic carbocycles. The number of fused-ring (bicyclic) bond motifs is 2. The van der Waals surface area contributed by atoms with Crippen LogP contribution in [0.15, 0.2) is 36.4 Å². The largest absolute Gasteiger partial charge is 0.487 e. The lowest BCUT2D eigenvalue weighted by molar-refractivity contribution is -0.153. The standard InChI is InChI=1S/C31H32ClF2N5O5/c1-37-27(28(33)34)23(35-36-37)16-44-25-11-10-22(32)21-12-13-39(30(41)19-8-4-5-9-20(19)31(42)43)24(26(21)25)15-38-14-17-6-2-3-7-18(17)29(38)40/h2-3,6-7,10-11,19-20,24,28H,4-5,8-9,12-16H2,1H3,(H,42,43)/t19?,20-,24-/m1/s1. The van der Waals surface area contributed by atoms with Gasteiger partial charge in [0, 0.05) is 42.8 Å². The van der Waals surface area contributed by atoms with Crippen LogP contribution in [0, 0.1) is 11.8 Å². The summed E-state index contributed by atoms with van der Waals surface area (Å²) in [4.78, 5) is 43.2. The molecule has 1 saturated carbocycles. The first-order valence-corrected chi connectivity index (χ1v) is 15.0. The lowest BCUT2D eigenvalue weighted by Gasteiger charge is -2.43. The molecule has 3 aromatic rings. The highest BCUT2D eigenvalue weighted by molar-refractivity contribution is 6.31. The molecule has 0 saturated heterocycles. The van der Waals surface area contributed by atoms with E-state index in [1.165, 1.54) is 7.05 Å². The molecule has 0 spiro atoms. The number of carboxylic acid groups (broad SMARTS) is 1. The van der Waals surface area contributed by atoms with E-state index < -0.39 is 30.3 Å². The van der Waals surface area contributed by atoms with Crippen molar-refractivity contribution in [1.82, 2.24) is 24.8 Å². The average Bonchev–Trinajstić information content (AvgIpc) is 3.55. The minimum absolute atomic E-state index is 0.0248. The van der Waals surface area contributed by atoms with E-state index >= 15 is 0 Å². The third-order valence-corrected chi connectivity index (χ3v) is 9.41. The molecule has 1 N–H and O–H groups in total. The summed E-state index contributed by atoms with van der Waals surface area (Å²) in [5, 5.41) is 18.0. The number of aromatic nitrogens is 3. The van der Waals surface area contributed by atoms with Crippen LogP contribution >= 0.6 is 11.6 Å². The molecule has 232 valence electrons.